The number of anilines is 1. The van der Waals surface area contributed by atoms with Gasteiger partial charge < -0.3 is 25.2 Å². The highest BCUT2D eigenvalue weighted by molar-refractivity contribution is 6.01. The zero-order valence-corrected chi connectivity index (χ0v) is 22.2. The minimum atomic E-state index is -0.907. The summed E-state index contributed by atoms with van der Waals surface area (Å²) in [4.78, 5) is 37.9. The van der Waals surface area contributed by atoms with Crippen LogP contribution >= 0.6 is 0 Å². The number of imidazole rings is 1. The summed E-state index contributed by atoms with van der Waals surface area (Å²) in [7, 11) is 0. The Morgan fingerprint density at radius 1 is 1.08 bits per heavy atom. The maximum Gasteiger partial charge on any atom is 0.407 e. The molecule has 0 aliphatic carbocycles. The number of hydrogen-bond donors (Lipinski definition) is 3. The Bertz CT molecular complexity index is 1490. The van der Waals surface area contributed by atoms with E-state index in [1.165, 1.54) is 4.90 Å². The van der Waals surface area contributed by atoms with E-state index in [-0.39, 0.29) is 18.0 Å². The van der Waals surface area contributed by atoms with Crippen LogP contribution in [0.2, 0.25) is 0 Å². The van der Waals surface area contributed by atoms with E-state index in [1.807, 2.05) is 53.4 Å². The van der Waals surface area contributed by atoms with Crippen molar-refractivity contribution in [3.63, 3.8) is 0 Å². The molecule has 3 N–H and O–H groups in total. The zero-order chi connectivity index (χ0) is 27.1. The Balaban J connectivity index is 1.45. The monoisotopic (exact) mass is 523 g/mol. The predicted octanol–water partition coefficient (Wildman–Crippen LogP) is 5.28. The molecule has 0 spiro atoms. The molecule has 1 aromatic heterocycles. The van der Waals surface area contributed by atoms with E-state index in [4.69, 9.17) is 4.98 Å². The number of hydrogen-bond acceptors (Lipinski definition) is 4. The number of aromatic nitrogens is 2. The van der Waals surface area contributed by atoms with Gasteiger partial charge in [-0.25, -0.2) is 9.78 Å². The molecule has 200 valence electrons. The molecule has 2 amide bonds. The summed E-state index contributed by atoms with van der Waals surface area (Å²) in [6.07, 6.45) is 0.714. The molecule has 0 radical (unpaired) electrons. The van der Waals surface area contributed by atoms with Crippen LogP contribution in [-0.4, -0.2) is 51.1 Å². The van der Waals surface area contributed by atoms with E-state index in [9.17, 15) is 14.7 Å². The molecule has 3 atom stereocenters. The number of nitrogens with zero attached hydrogens (tertiary/aromatic N) is 3. The molecular weight excluding hydrogens is 490 g/mol. The molecule has 3 heterocycles. The zero-order valence-electron chi connectivity index (χ0n) is 22.2. The van der Waals surface area contributed by atoms with Crippen molar-refractivity contribution in [1.82, 2.24) is 20.2 Å². The van der Waals surface area contributed by atoms with E-state index < -0.39 is 12.0 Å². The maximum atomic E-state index is 14.4. The van der Waals surface area contributed by atoms with E-state index in [2.05, 4.69) is 42.3 Å². The predicted molar refractivity (Wildman–Crippen MR) is 151 cm³/mol. The van der Waals surface area contributed by atoms with E-state index in [0.29, 0.717) is 25.5 Å². The second-order valence-electron chi connectivity index (χ2n) is 10.7. The van der Waals surface area contributed by atoms with Crippen molar-refractivity contribution in [2.45, 2.75) is 51.2 Å². The van der Waals surface area contributed by atoms with Crippen LogP contribution in [0.5, 0.6) is 0 Å². The number of carbonyl (C=O) groups is 2. The first-order chi connectivity index (χ1) is 18.9. The highest BCUT2D eigenvalue weighted by Gasteiger charge is 2.44. The first kappa shape index (κ1) is 25.1. The Hall–Kier alpha value is -4.17. The fourth-order valence-electron chi connectivity index (χ4n) is 5.97. The molecule has 0 saturated carbocycles. The number of amides is 2. The lowest BCUT2D eigenvalue weighted by Crippen LogP contribution is -2.52. The summed E-state index contributed by atoms with van der Waals surface area (Å²) in [6.45, 7) is 5.51. The van der Waals surface area contributed by atoms with Gasteiger partial charge in [0.05, 0.1) is 23.6 Å². The Kier molecular flexibility index (Phi) is 6.56. The van der Waals surface area contributed by atoms with E-state index in [0.717, 1.165) is 51.8 Å². The molecule has 1 fully saturated rings. The summed E-state index contributed by atoms with van der Waals surface area (Å²) in [5.74, 6) is -0.0127. The number of para-hydroxylation sites is 1. The molecule has 8 nitrogen and oxygen atoms in total. The molecule has 0 bridgehead atoms. The number of aryl methyl sites for hydroxylation is 2. The van der Waals surface area contributed by atoms with Gasteiger partial charge in [-0.3, -0.25) is 4.79 Å². The summed E-state index contributed by atoms with van der Waals surface area (Å²) >= 11 is 0. The van der Waals surface area contributed by atoms with Crippen molar-refractivity contribution in [3.05, 3.63) is 94.8 Å². The van der Waals surface area contributed by atoms with Crippen molar-refractivity contribution in [2.75, 3.05) is 18.0 Å². The number of H-pyrrole nitrogens is 1. The summed E-state index contributed by atoms with van der Waals surface area (Å²) in [5.41, 5.74) is 6.98. The second kappa shape index (κ2) is 10.2. The van der Waals surface area contributed by atoms with Crippen LogP contribution in [0.25, 0.3) is 11.0 Å². The number of fused-ring (bicyclic) bond motifs is 2. The Morgan fingerprint density at radius 3 is 2.62 bits per heavy atom. The van der Waals surface area contributed by atoms with Gasteiger partial charge in [0.25, 0.3) is 0 Å². The molecule has 6 rings (SSSR count). The molecule has 1 saturated heterocycles. The molecule has 4 aromatic rings. The van der Waals surface area contributed by atoms with Crippen LogP contribution in [0.15, 0.2) is 66.7 Å². The van der Waals surface area contributed by atoms with Gasteiger partial charge >= 0.3 is 6.09 Å². The summed E-state index contributed by atoms with van der Waals surface area (Å²) in [5, 5.41) is 13.3. The van der Waals surface area contributed by atoms with Crippen LogP contribution < -0.4 is 10.2 Å². The smallest absolute Gasteiger partial charge is 0.407 e. The van der Waals surface area contributed by atoms with Crippen molar-refractivity contribution in [1.29, 1.82) is 0 Å². The number of rotatable bonds is 5. The number of piperidine rings is 1. The lowest BCUT2D eigenvalue weighted by atomic mass is 9.84. The molecule has 8 heteroatoms. The molecule has 3 aromatic carbocycles. The first-order valence-electron chi connectivity index (χ1n) is 13.5. The molecule has 39 heavy (non-hydrogen) atoms. The minimum Gasteiger partial charge on any atom is -0.465 e. The normalized spacial score (nSPS) is 21.3. The number of carbonyl (C=O) groups excluding carboxylic acids is 1. The fourth-order valence-corrected chi connectivity index (χ4v) is 5.97. The lowest BCUT2D eigenvalue weighted by molar-refractivity contribution is -0.121. The molecule has 2 aliphatic rings. The number of likely N-dealkylation sites (tertiary alicyclic amines) is 1. The van der Waals surface area contributed by atoms with Gasteiger partial charge in [-0.1, -0.05) is 48.5 Å². The van der Waals surface area contributed by atoms with Crippen LogP contribution in [-0.2, 0) is 11.3 Å². The van der Waals surface area contributed by atoms with Gasteiger partial charge in [-0.15, -0.1) is 0 Å². The Morgan fingerprint density at radius 2 is 1.82 bits per heavy atom. The van der Waals surface area contributed by atoms with E-state index in [1.54, 1.807) is 0 Å². The quantitative estimate of drug-likeness (QED) is 0.330. The number of nitrogens with one attached hydrogen (secondary N) is 2. The van der Waals surface area contributed by atoms with Crippen LogP contribution in [0.3, 0.4) is 0 Å². The SMILES string of the molecule is Cc1cc2nc(C3C(=O)N(Cc4ccccc4)c4ccccc4C3NC3CCCN(C(=O)O)C3)[nH]c2cc1C. The standard InChI is InChI=1S/C31H33N5O3/c1-19-15-24-25(16-20(19)2)34-29(33-24)27-28(32-22-11-8-14-35(18-22)31(38)39)23-12-6-7-13-26(23)36(30(27)37)17-21-9-4-3-5-10-21/h3-7,9-10,12-13,15-16,22,27-28,32H,8,11,14,17-18H2,1-2H3,(H,33,34)(H,38,39). The first-order valence-corrected chi connectivity index (χ1v) is 13.5. The fraction of sp³-hybridized carbons (Fsp3) is 0.323. The molecule has 2 aliphatic heterocycles. The Labute approximate surface area is 227 Å². The van der Waals surface area contributed by atoms with Crippen LogP contribution in [0, 0.1) is 13.8 Å². The highest BCUT2D eigenvalue weighted by Crippen LogP contribution is 2.43. The highest BCUT2D eigenvalue weighted by atomic mass is 16.4. The second-order valence-corrected chi connectivity index (χ2v) is 10.7. The molecular formula is C31H33N5O3. The van der Waals surface area contributed by atoms with Gasteiger partial charge in [0.15, 0.2) is 0 Å². The van der Waals surface area contributed by atoms with Gasteiger partial charge in [0, 0.05) is 24.8 Å². The molecule has 3 unspecified atom stereocenters. The summed E-state index contributed by atoms with van der Waals surface area (Å²) < 4.78 is 0. The van der Waals surface area contributed by atoms with Gasteiger partial charge in [-0.2, -0.15) is 0 Å². The average Bonchev–Trinajstić information content (AvgIpc) is 3.33. The summed E-state index contributed by atoms with van der Waals surface area (Å²) in [6, 6.07) is 21.7. The third-order valence-corrected chi connectivity index (χ3v) is 8.13. The van der Waals surface area contributed by atoms with Gasteiger partial charge in [-0.05, 0) is 67.1 Å². The van der Waals surface area contributed by atoms with Gasteiger partial charge in [0.1, 0.15) is 11.7 Å². The third-order valence-electron chi connectivity index (χ3n) is 8.13. The number of benzene rings is 3. The van der Waals surface area contributed by atoms with Gasteiger partial charge in [0.2, 0.25) is 5.91 Å². The van der Waals surface area contributed by atoms with Crippen LogP contribution in [0.4, 0.5) is 10.5 Å². The number of aromatic amines is 1. The topological polar surface area (TPSA) is 102 Å². The minimum absolute atomic E-state index is 0.0338. The third kappa shape index (κ3) is 4.76. The average molecular weight is 524 g/mol. The van der Waals surface area contributed by atoms with E-state index >= 15 is 0 Å². The maximum absolute atomic E-state index is 14.4. The largest absolute Gasteiger partial charge is 0.465 e. The van der Waals surface area contributed by atoms with Crippen molar-refractivity contribution < 1.29 is 14.7 Å². The van der Waals surface area contributed by atoms with Crippen LogP contribution in [0.1, 0.15) is 52.9 Å². The lowest BCUT2D eigenvalue weighted by Gasteiger charge is -2.42. The van der Waals surface area contributed by atoms with Crippen molar-refractivity contribution in [3.8, 4) is 0 Å². The van der Waals surface area contributed by atoms with Crippen molar-refractivity contribution in [2.24, 2.45) is 0 Å². The van der Waals surface area contributed by atoms with Crippen molar-refractivity contribution >= 4 is 28.7 Å². The number of carboxylic acid groups (broad SMARTS) is 1.